The summed E-state index contributed by atoms with van der Waals surface area (Å²) in [4.78, 5) is 36.5. The Morgan fingerprint density at radius 2 is 1.60 bits per heavy atom. The van der Waals surface area contributed by atoms with Crippen LogP contribution in [0.1, 0.15) is 47.1 Å². The Morgan fingerprint density at radius 3 is 2.17 bits per heavy atom. The molecular weight excluding hydrogens is 386 g/mol. The van der Waals surface area contributed by atoms with Crippen molar-refractivity contribution in [2.75, 3.05) is 27.4 Å². The number of ketones is 1. The van der Waals surface area contributed by atoms with E-state index in [0.29, 0.717) is 17.1 Å². The molecule has 2 aromatic rings. The number of Topliss-reactive ketones (excluding diaryl/α,β-unsaturated/α-hetero) is 1. The Hall–Kier alpha value is -3.35. The number of methoxy groups -OCH3 is 2. The second kappa shape index (κ2) is 9.91. The zero-order valence-electron chi connectivity index (χ0n) is 17.9. The Morgan fingerprint density at radius 1 is 0.933 bits per heavy atom. The second-order valence-corrected chi connectivity index (χ2v) is 7.66. The Kier molecular flexibility index (Phi) is 7.58. The normalized spacial score (nSPS) is 10.8. The smallest absolute Gasteiger partial charge is 0.325 e. The van der Waals surface area contributed by atoms with Crippen LogP contribution in [0.3, 0.4) is 0 Å². The first-order valence-electron chi connectivity index (χ1n) is 9.45. The average Bonchev–Trinajstić information content (AvgIpc) is 2.74. The molecular formula is C23H27NO6. The van der Waals surface area contributed by atoms with Crippen LogP contribution in [-0.2, 0) is 14.9 Å². The van der Waals surface area contributed by atoms with E-state index in [-0.39, 0.29) is 17.5 Å². The molecule has 2 rings (SSSR count). The molecule has 0 atom stereocenters. The van der Waals surface area contributed by atoms with E-state index in [1.807, 2.05) is 12.1 Å². The van der Waals surface area contributed by atoms with Gasteiger partial charge in [0.15, 0.2) is 6.61 Å². The molecule has 0 saturated heterocycles. The minimum absolute atomic E-state index is 0.0171. The van der Waals surface area contributed by atoms with Crippen LogP contribution >= 0.6 is 0 Å². The summed E-state index contributed by atoms with van der Waals surface area (Å²) in [6.07, 6.45) is 0. The molecule has 0 aliphatic carbocycles. The van der Waals surface area contributed by atoms with Gasteiger partial charge in [-0.1, -0.05) is 32.9 Å². The van der Waals surface area contributed by atoms with Gasteiger partial charge in [-0.3, -0.25) is 14.4 Å². The maximum Gasteiger partial charge on any atom is 0.325 e. The summed E-state index contributed by atoms with van der Waals surface area (Å²) in [7, 11) is 2.92. The number of amides is 1. The molecule has 1 N–H and O–H groups in total. The molecule has 0 fully saturated rings. The summed E-state index contributed by atoms with van der Waals surface area (Å²) >= 11 is 0. The van der Waals surface area contributed by atoms with Crippen molar-refractivity contribution in [2.45, 2.75) is 26.2 Å². The van der Waals surface area contributed by atoms with Crippen molar-refractivity contribution < 1.29 is 28.6 Å². The predicted molar refractivity (Wildman–Crippen MR) is 112 cm³/mol. The third-order valence-corrected chi connectivity index (χ3v) is 4.48. The topological polar surface area (TPSA) is 90.9 Å². The fraction of sp³-hybridized carbons (Fsp3) is 0.348. The van der Waals surface area contributed by atoms with Crippen molar-refractivity contribution in [1.29, 1.82) is 0 Å². The first-order valence-corrected chi connectivity index (χ1v) is 9.45. The van der Waals surface area contributed by atoms with E-state index in [4.69, 9.17) is 14.2 Å². The zero-order valence-corrected chi connectivity index (χ0v) is 17.9. The van der Waals surface area contributed by atoms with E-state index < -0.39 is 24.3 Å². The predicted octanol–water partition coefficient (Wildman–Crippen LogP) is 3.16. The summed E-state index contributed by atoms with van der Waals surface area (Å²) in [6.45, 7) is 5.43. The maximum absolute atomic E-state index is 12.4. The average molecular weight is 413 g/mol. The molecule has 160 valence electrons. The number of ether oxygens (including phenoxy) is 3. The highest BCUT2D eigenvalue weighted by Gasteiger charge is 2.17. The first kappa shape index (κ1) is 22.9. The van der Waals surface area contributed by atoms with Gasteiger partial charge in [-0.2, -0.15) is 0 Å². The molecule has 0 heterocycles. The monoisotopic (exact) mass is 413 g/mol. The molecule has 0 aromatic heterocycles. The Balaban J connectivity index is 1.88. The summed E-state index contributed by atoms with van der Waals surface area (Å²) in [5.74, 6) is -0.722. The van der Waals surface area contributed by atoms with Crippen LogP contribution < -0.4 is 14.8 Å². The Bertz CT molecular complexity index is 912. The first-order chi connectivity index (χ1) is 14.2. The number of carbonyl (C=O) groups is 3. The van der Waals surface area contributed by atoms with Gasteiger partial charge in [-0.05, 0) is 41.3 Å². The summed E-state index contributed by atoms with van der Waals surface area (Å²) in [5.41, 5.74) is 1.77. The van der Waals surface area contributed by atoms with Gasteiger partial charge in [0.2, 0.25) is 5.78 Å². The third-order valence-electron chi connectivity index (χ3n) is 4.48. The van der Waals surface area contributed by atoms with Crippen LogP contribution in [0.15, 0.2) is 42.5 Å². The lowest BCUT2D eigenvalue weighted by molar-refractivity contribution is -0.141. The molecule has 0 saturated carbocycles. The van der Waals surface area contributed by atoms with E-state index in [9.17, 15) is 14.4 Å². The zero-order chi connectivity index (χ0) is 22.3. The number of hydrogen-bond acceptors (Lipinski definition) is 6. The number of benzene rings is 2. The van der Waals surface area contributed by atoms with E-state index in [0.717, 1.165) is 5.56 Å². The number of nitrogens with one attached hydrogen (secondary N) is 1. The Labute approximate surface area is 176 Å². The molecule has 0 bridgehead atoms. The van der Waals surface area contributed by atoms with Gasteiger partial charge in [-0.15, -0.1) is 0 Å². The van der Waals surface area contributed by atoms with Crippen molar-refractivity contribution in [3.8, 4) is 11.5 Å². The number of rotatable bonds is 8. The third kappa shape index (κ3) is 6.07. The van der Waals surface area contributed by atoms with Crippen molar-refractivity contribution in [1.82, 2.24) is 5.32 Å². The second-order valence-electron chi connectivity index (χ2n) is 7.66. The van der Waals surface area contributed by atoms with E-state index in [1.165, 1.54) is 20.3 Å². The van der Waals surface area contributed by atoms with Gasteiger partial charge >= 0.3 is 5.97 Å². The van der Waals surface area contributed by atoms with E-state index >= 15 is 0 Å². The van der Waals surface area contributed by atoms with Crippen LogP contribution in [0.5, 0.6) is 11.5 Å². The fourth-order valence-corrected chi connectivity index (χ4v) is 2.68. The number of esters is 1. The molecule has 7 heteroatoms. The van der Waals surface area contributed by atoms with E-state index in [2.05, 4.69) is 26.1 Å². The van der Waals surface area contributed by atoms with Gasteiger partial charge in [0.25, 0.3) is 5.91 Å². The molecule has 0 radical (unpaired) electrons. The maximum atomic E-state index is 12.4. The molecule has 30 heavy (non-hydrogen) atoms. The summed E-state index contributed by atoms with van der Waals surface area (Å²) < 4.78 is 15.2. The van der Waals surface area contributed by atoms with Gasteiger partial charge in [0.05, 0.1) is 19.8 Å². The van der Waals surface area contributed by atoms with Crippen molar-refractivity contribution in [3.05, 3.63) is 59.2 Å². The van der Waals surface area contributed by atoms with Gasteiger partial charge in [-0.25, -0.2) is 0 Å². The number of hydrogen-bond donors (Lipinski definition) is 1. The summed E-state index contributed by atoms with van der Waals surface area (Å²) in [5, 5.41) is 2.49. The van der Waals surface area contributed by atoms with Crippen molar-refractivity contribution in [2.24, 2.45) is 0 Å². The van der Waals surface area contributed by atoms with Gasteiger partial charge in [0, 0.05) is 5.56 Å². The highest BCUT2D eigenvalue weighted by Crippen LogP contribution is 2.24. The molecule has 1 amide bonds. The largest absolute Gasteiger partial charge is 0.497 e. The minimum Gasteiger partial charge on any atom is -0.497 e. The molecule has 0 aliphatic heterocycles. The lowest BCUT2D eigenvalue weighted by Gasteiger charge is -2.19. The molecule has 0 unspecified atom stereocenters. The standard InChI is InChI=1S/C23H27NO6/c1-23(2,3)16-8-6-15(7-9-16)22(27)24-13-21(26)30-14-19(25)18-12-17(28-4)10-11-20(18)29-5/h6-12H,13-14H2,1-5H3,(H,24,27). The molecule has 2 aromatic carbocycles. The highest BCUT2D eigenvalue weighted by molar-refractivity contribution is 6.01. The van der Waals surface area contributed by atoms with Gasteiger partial charge in [0.1, 0.15) is 18.0 Å². The summed E-state index contributed by atoms with van der Waals surface area (Å²) in [6, 6.07) is 11.9. The lowest BCUT2D eigenvalue weighted by Crippen LogP contribution is -2.31. The molecule has 0 spiro atoms. The van der Waals surface area contributed by atoms with Crippen LogP contribution in [0.2, 0.25) is 0 Å². The highest BCUT2D eigenvalue weighted by atomic mass is 16.5. The van der Waals surface area contributed by atoms with E-state index in [1.54, 1.807) is 24.3 Å². The lowest BCUT2D eigenvalue weighted by atomic mass is 9.87. The molecule has 7 nitrogen and oxygen atoms in total. The van der Waals surface area contributed by atoms with Crippen LogP contribution in [0.25, 0.3) is 0 Å². The fourth-order valence-electron chi connectivity index (χ4n) is 2.68. The molecule has 0 aliphatic rings. The van der Waals surface area contributed by atoms with Crippen LogP contribution in [0.4, 0.5) is 0 Å². The van der Waals surface area contributed by atoms with Crippen molar-refractivity contribution >= 4 is 17.7 Å². The SMILES string of the molecule is COc1ccc(OC)c(C(=O)COC(=O)CNC(=O)c2ccc(C(C)(C)C)cc2)c1. The van der Waals surface area contributed by atoms with Crippen LogP contribution in [0, 0.1) is 0 Å². The number of carbonyl (C=O) groups excluding carboxylic acids is 3. The van der Waals surface area contributed by atoms with Gasteiger partial charge < -0.3 is 19.5 Å². The van der Waals surface area contributed by atoms with Crippen LogP contribution in [-0.4, -0.2) is 45.0 Å². The minimum atomic E-state index is -0.718. The van der Waals surface area contributed by atoms with Crippen molar-refractivity contribution in [3.63, 3.8) is 0 Å². The quantitative estimate of drug-likeness (QED) is 0.528.